The minimum Gasteiger partial charge on any atom is -0.355 e. The van der Waals surface area contributed by atoms with E-state index < -0.39 is 0 Å². The molecular formula is C16H24N2O. The molecule has 0 spiro atoms. The minimum atomic E-state index is 0.160. The molecule has 1 saturated heterocycles. The first-order chi connectivity index (χ1) is 9.16. The number of rotatable bonds is 4. The van der Waals surface area contributed by atoms with Gasteiger partial charge in [-0.1, -0.05) is 23.8 Å². The number of hydrogen-bond acceptors (Lipinski definition) is 2. The second-order valence-electron chi connectivity index (χ2n) is 5.51. The fraction of sp³-hybridized carbons (Fsp3) is 0.562. The summed E-state index contributed by atoms with van der Waals surface area (Å²) in [5.74, 6) is 0.366. The molecule has 1 aromatic carbocycles. The summed E-state index contributed by atoms with van der Waals surface area (Å²) >= 11 is 0. The van der Waals surface area contributed by atoms with E-state index in [0.29, 0.717) is 0 Å². The zero-order valence-corrected chi connectivity index (χ0v) is 12.0. The van der Waals surface area contributed by atoms with Gasteiger partial charge in [-0.25, -0.2) is 0 Å². The van der Waals surface area contributed by atoms with Crippen molar-refractivity contribution in [2.24, 2.45) is 5.92 Å². The van der Waals surface area contributed by atoms with Crippen LogP contribution in [-0.2, 0) is 11.2 Å². The highest BCUT2D eigenvalue weighted by molar-refractivity contribution is 5.78. The van der Waals surface area contributed by atoms with Crippen LogP contribution in [0.4, 0.5) is 0 Å². The SMILES string of the molecule is Cc1ccc(C)c(CCNC(=O)C2CCCNC2)c1. The van der Waals surface area contributed by atoms with Crippen LogP contribution in [0.2, 0.25) is 0 Å². The van der Waals surface area contributed by atoms with Gasteiger partial charge in [0.25, 0.3) is 0 Å². The summed E-state index contributed by atoms with van der Waals surface area (Å²) in [6.45, 7) is 6.85. The molecule has 0 radical (unpaired) electrons. The van der Waals surface area contributed by atoms with Gasteiger partial charge in [-0.2, -0.15) is 0 Å². The normalized spacial score (nSPS) is 19.2. The molecule has 1 aliphatic heterocycles. The molecule has 2 N–H and O–H groups in total. The number of piperidine rings is 1. The Morgan fingerprint density at radius 1 is 1.42 bits per heavy atom. The number of amides is 1. The molecule has 3 heteroatoms. The minimum absolute atomic E-state index is 0.160. The standard InChI is InChI=1S/C16H24N2O/c1-12-5-6-13(2)14(10-12)7-9-18-16(19)15-4-3-8-17-11-15/h5-6,10,15,17H,3-4,7-9,11H2,1-2H3,(H,18,19). The molecule has 104 valence electrons. The molecule has 2 rings (SSSR count). The van der Waals surface area contributed by atoms with Crippen LogP contribution in [0, 0.1) is 19.8 Å². The smallest absolute Gasteiger partial charge is 0.224 e. The van der Waals surface area contributed by atoms with E-state index in [1.807, 2.05) is 0 Å². The van der Waals surface area contributed by atoms with Gasteiger partial charge < -0.3 is 10.6 Å². The van der Waals surface area contributed by atoms with Crippen LogP contribution < -0.4 is 10.6 Å². The van der Waals surface area contributed by atoms with Gasteiger partial charge in [0.1, 0.15) is 0 Å². The maximum Gasteiger partial charge on any atom is 0.224 e. The largest absolute Gasteiger partial charge is 0.355 e. The van der Waals surface area contributed by atoms with E-state index in [-0.39, 0.29) is 11.8 Å². The lowest BCUT2D eigenvalue weighted by molar-refractivity contribution is -0.125. The molecule has 1 unspecified atom stereocenters. The van der Waals surface area contributed by atoms with E-state index in [0.717, 1.165) is 38.9 Å². The second-order valence-corrected chi connectivity index (χ2v) is 5.51. The Hall–Kier alpha value is -1.35. The number of nitrogens with one attached hydrogen (secondary N) is 2. The van der Waals surface area contributed by atoms with Gasteiger partial charge in [-0.3, -0.25) is 4.79 Å². The lowest BCUT2D eigenvalue weighted by atomic mass is 9.98. The Balaban J connectivity index is 1.79. The highest BCUT2D eigenvalue weighted by atomic mass is 16.1. The molecule has 1 heterocycles. The maximum atomic E-state index is 12.0. The topological polar surface area (TPSA) is 41.1 Å². The molecule has 3 nitrogen and oxygen atoms in total. The van der Waals surface area contributed by atoms with Crippen molar-refractivity contribution in [3.05, 3.63) is 34.9 Å². The van der Waals surface area contributed by atoms with Crippen molar-refractivity contribution in [2.45, 2.75) is 33.1 Å². The van der Waals surface area contributed by atoms with Crippen LogP contribution in [0.5, 0.6) is 0 Å². The Kier molecular flexibility index (Phi) is 4.97. The number of hydrogen-bond donors (Lipinski definition) is 2. The first-order valence-electron chi connectivity index (χ1n) is 7.21. The molecule has 1 aromatic rings. The number of benzene rings is 1. The first kappa shape index (κ1) is 14.1. The average Bonchev–Trinajstić information content (AvgIpc) is 2.43. The summed E-state index contributed by atoms with van der Waals surface area (Å²) in [4.78, 5) is 12.0. The predicted octanol–water partition coefficient (Wildman–Crippen LogP) is 1.96. The Labute approximate surface area is 115 Å². The van der Waals surface area contributed by atoms with E-state index in [9.17, 15) is 4.79 Å². The zero-order chi connectivity index (χ0) is 13.7. The van der Waals surface area contributed by atoms with E-state index >= 15 is 0 Å². The van der Waals surface area contributed by atoms with Gasteiger partial charge in [0.2, 0.25) is 5.91 Å². The van der Waals surface area contributed by atoms with Gasteiger partial charge in [-0.05, 0) is 50.8 Å². The van der Waals surface area contributed by atoms with Crippen LogP contribution >= 0.6 is 0 Å². The van der Waals surface area contributed by atoms with E-state index in [1.165, 1.54) is 16.7 Å². The third-order valence-electron chi connectivity index (χ3n) is 3.87. The van der Waals surface area contributed by atoms with Crippen LogP contribution in [0.3, 0.4) is 0 Å². The fourth-order valence-electron chi connectivity index (χ4n) is 2.61. The van der Waals surface area contributed by atoms with E-state index in [4.69, 9.17) is 0 Å². The van der Waals surface area contributed by atoms with Crippen molar-refractivity contribution < 1.29 is 4.79 Å². The highest BCUT2D eigenvalue weighted by Crippen LogP contribution is 2.12. The van der Waals surface area contributed by atoms with Crippen molar-refractivity contribution in [3.8, 4) is 0 Å². The molecule has 0 bridgehead atoms. The Morgan fingerprint density at radius 3 is 3.00 bits per heavy atom. The Bertz CT molecular complexity index is 436. The molecule has 1 fully saturated rings. The second kappa shape index (κ2) is 6.71. The van der Waals surface area contributed by atoms with Crippen molar-refractivity contribution in [1.82, 2.24) is 10.6 Å². The summed E-state index contributed by atoms with van der Waals surface area (Å²) in [5, 5.41) is 6.35. The number of carbonyl (C=O) groups excluding carboxylic acids is 1. The van der Waals surface area contributed by atoms with E-state index in [1.54, 1.807) is 0 Å². The predicted molar refractivity (Wildman–Crippen MR) is 78.2 cm³/mol. The summed E-state index contributed by atoms with van der Waals surface area (Å²) in [7, 11) is 0. The van der Waals surface area contributed by atoms with E-state index in [2.05, 4.69) is 42.7 Å². The molecular weight excluding hydrogens is 236 g/mol. The molecule has 1 atom stereocenters. The lowest BCUT2D eigenvalue weighted by Crippen LogP contribution is -2.41. The summed E-state index contributed by atoms with van der Waals surface area (Å²) < 4.78 is 0. The average molecular weight is 260 g/mol. The molecule has 1 aliphatic rings. The highest BCUT2D eigenvalue weighted by Gasteiger charge is 2.20. The van der Waals surface area contributed by atoms with Crippen molar-refractivity contribution in [3.63, 3.8) is 0 Å². The summed E-state index contributed by atoms with van der Waals surface area (Å²) in [6, 6.07) is 6.49. The van der Waals surface area contributed by atoms with Crippen molar-refractivity contribution in [1.29, 1.82) is 0 Å². The van der Waals surface area contributed by atoms with Crippen LogP contribution in [-0.4, -0.2) is 25.5 Å². The Morgan fingerprint density at radius 2 is 2.26 bits per heavy atom. The van der Waals surface area contributed by atoms with Gasteiger partial charge in [0.05, 0.1) is 5.92 Å². The van der Waals surface area contributed by atoms with Crippen molar-refractivity contribution in [2.75, 3.05) is 19.6 Å². The van der Waals surface area contributed by atoms with Crippen LogP contribution in [0.25, 0.3) is 0 Å². The maximum absolute atomic E-state index is 12.0. The van der Waals surface area contributed by atoms with Gasteiger partial charge in [-0.15, -0.1) is 0 Å². The molecule has 0 saturated carbocycles. The first-order valence-corrected chi connectivity index (χ1v) is 7.21. The summed E-state index contributed by atoms with van der Waals surface area (Å²) in [6.07, 6.45) is 3.04. The lowest BCUT2D eigenvalue weighted by Gasteiger charge is -2.22. The fourth-order valence-corrected chi connectivity index (χ4v) is 2.61. The summed E-state index contributed by atoms with van der Waals surface area (Å²) in [5.41, 5.74) is 3.92. The third-order valence-corrected chi connectivity index (χ3v) is 3.87. The van der Waals surface area contributed by atoms with Gasteiger partial charge in [0.15, 0.2) is 0 Å². The van der Waals surface area contributed by atoms with Gasteiger partial charge in [0, 0.05) is 13.1 Å². The number of aryl methyl sites for hydroxylation is 2. The molecule has 0 aliphatic carbocycles. The quantitative estimate of drug-likeness (QED) is 0.869. The zero-order valence-electron chi connectivity index (χ0n) is 12.0. The van der Waals surface area contributed by atoms with Crippen molar-refractivity contribution >= 4 is 5.91 Å². The van der Waals surface area contributed by atoms with Gasteiger partial charge >= 0.3 is 0 Å². The molecule has 1 amide bonds. The van der Waals surface area contributed by atoms with Crippen LogP contribution in [0.15, 0.2) is 18.2 Å². The molecule has 19 heavy (non-hydrogen) atoms. The van der Waals surface area contributed by atoms with Crippen LogP contribution in [0.1, 0.15) is 29.5 Å². The number of carbonyl (C=O) groups is 1. The third kappa shape index (κ3) is 4.06. The monoisotopic (exact) mass is 260 g/mol. The molecule has 0 aromatic heterocycles.